The van der Waals surface area contributed by atoms with Crippen LogP contribution in [0.5, 0.6) is 0 Å². The van der Waals surface area contributed by atoms with Crippen LogP contribution in [0, 0.1) is 0 Å². The Morgan fingerprint density at radius 1 is 1.00 bits per heavy atom. The van der Waals surface area contributed by atoms with E-state index in [4.69, 9.17) is 5.11 Å². The van der Waals surface area contributed by atoms with E-state index in [1.54, 1.807) is 0 Å². The van der Waals surface area contributed by atoms with Gasteiger partial charge in [-0.2, -0.15) is 0 Å². The summed E-state index contributed by atoms with van der Waals surface area (Å²) in [7, 11) is 0. The van der Waals surface area contributed by atoms with Gasteiger partial charge in [-0.3, -0.25) is 30.4 Å². The third-order valence-corrected chi connectivity index (χ3v) is 4.68. The second-order valence-corrected chi connectivity index (χ2v) is 6.11. The molecule has 25 heavy (non-hydrogen) atoms. The number of hydroxylamine groups is 2. The molecule has 12 nitrogen and oxygen atoms in total. The fraction of sp³-hybridized carbons (Fsp3) is 0.615. The van der Waals surface area contributed by atoms with Crippen LogP contribution >= 0.6 is 0 Å². The highest BCUT2D eigenvalue weighted by atomic mass is 16.5. The van der Waals surface area contributed by atoms with Crippen molar-refractivity contribution < 1.29 is 34.3 Å². The van der Waals surface area contributed by atoms with E-state index in [-0.39, 0.29) is 25.4 Å². The summed E-state index contributed by atoms with van der Waals surface area (Å²) < 4.78 is 0. The van der Waals surface area contributed by atoms with Gasteiger partial charge in [0.15, 0.2) is 0 Å². The minimum absolute atomic E-state index is 0.0298. The first-order chi connectivity index (χ1) is 11.8. The summed E-state index contributed by atoms with van der Waals surface area (Å²) in [5.41, 5.74) is 4.26. The third kappa shape index (κ3) is 2.84. The third-order valence-electron chi connectivity index (χ3n) is 4.68. The molecule has 0 aromatic heterocycles. The number of rotatable bonds is 2. The first-order valence-electron chi connectivity index (χ1n) is 7.74. The van der Waals surface area contributed by atoms with Crippen molar-refractivity contribution in [3.05, 3.63) is 0 Å². The van der Waals surface area contributed by atoms with Gasteiger partial charge in [0.05, 0.1) is 6.04 Å². The molecule has 0 spiro atoms. The van der Waals surface area contributed by atoms with Gasteiger partial charge in [0.25, 0.3) is 11.8 Å². The van der Waals surface area contributed by atoms with Crippen molar-refractivity contribution in [1.82, 2.24) is 25.7 Å². The lowest BCUT2D eigenvalue weighted by molar-refractivity contribution is -0.136. The van der Waals surface area contributed by atoms with Gasteiger partial charge < -0.3 is 10.0 Å². The van der Waals surface area contributed by atoms with E-state index in [1.165, 1.54) is 4.90 Å². The minimum Gasteiger partial charge on any atom is -0.465 e. The number of nitrogens with one attached hydrogen (secondary N) is 2. The highest BCUT2D eigenvalue weighted by Gasteiger charge is 2.47. The van der Waals surface area contributed by atoms with Gasteiger partial charge in [0, 0.05) is 13.0 Å². The van der Waals surface area contributed by atoms with Crippen molar-refractivity contribution in [2.75, 3.05) is 6.54 Å². The predicted octanol–water partition coefficient (Wildman–Crippen LogP) is -1.54. The zero-order valence-corrected chi connectivity index (χ0v) is 13.0. The monoisotopic (exact) mass is 355 g/mol. The Balaban J connectivity index is 1.57. The number of likely N-dealkylation sites (tertiary alicyclic amines) is 1. The summed E-state index contributed by atoms with van der Waals surface area (Å²) >= 11 is 0. The Kier molecular flexibility index (Phi) is 4.20. The summed E-state index contributed by atoms with van der Waals surface area (Å²) in [6.07, 6.45) is -0.815. The zero-order valence-electron chi connectivity index (χ0n) is 13.0. The molecule has 6 amide bonds. The van der Waals surface area contributed by atoms with Crippen molar-refractivity contribution >= 4 is 29.8 Å². The second-order valence-electron chi connectivity index (χ2n) is 6.11. The Hall–Kier alpha value is -2.89. The van der Waals surface area contributed by atoms with Crippen molar-refractivity contribution in [3.63, 3.8) is 0 Å². The lowest BCUT2D eigenvalue weighted by Crippen LogP contribution is -2.57. The smallest absolute Gasteiger partial charge is 0.414 e. The fourth-order valence-corrected chi connectivity index (χ4v) is 3.38. The maximum absolute atomic E-state index is 12.2. The van der Waals surface area contributed by atoms with Crippen LogP contribution < -0.4 is 10.9 Å². The summed E-state index contributed by atoms with van der Waals surface area (Å²) in [5.74, 6) is -2.16. The SMILES string of the molecule is O=C(NNC(=O)[C@@H]1CC[C@@H]2CN1C(=O)N2O)[C@H]1CCC(=O)N1C(=O)O. The molecule has 3 rings (SSSR count). The standard InChI is InChI=1S/C13H17N5O7/c19-9-4-3-8(17(9)13(23)24)11(21)15-14-10(20)7-2-1-6-5-16(7)12(22)18(6)25/h6-8,25H,1-5H2,(H,14,20)(H,15,21)(H,23,24)/t6-,7+,8-/m1/s1. The topological polar surface area (TPSA) is 160 Å². The highest BCUT2D eigenvalue weighted by Crippen LogP contribution is 2.28. The van der Waals surface area contributed by atoms with Crippen LogP contribution in [-0.2, 0) is 14.4 Å². The molecule has 0 aromatic rings. The van der Waals surface area contributed by atoms with Crippen LogP contribution in [0.25, 0.3) is 0 Å². The van der Waals surface area contributed by atoms with Gasteiger partial charge in [-0.05, 0) is 19.3 Å². The van der Waals surface area contributed by atoms with E-state index in [2.05, 4.69) is 10.9 Å². The molecule has 3 fully saturated rings. The lowest BCUT2D eigenvalue weighted by Gasteiger charge is -2.29. The maximum atomic E-state index is 12.2. The number of carbonyl (C=O) groups excluding carboxylic acids is 4. The molecule has 0 aliphatic carbocycles. The molecule has 0 saturated carbocycles. The predicted molar refractivity (Wildman–Crippen MR) is 76.7 cm³/mol. The molecule has 2 bridgehead atoms. The normalized spacial score (nSPS) is 28.4. The van der Waals surface area contributed by atoms with Gasteiger partial charge >= 0.3 is 12.1 Å². The summed E-state index contributed by atoms with van der Waals surface area (Å²) in [6, 6.07) is -3.07. The van der Waals surface area contributed by atoms with Crippen molar-refractivity contribution in [3.8, 4) is 0 Å². The molecular weight excluding hydrogens is 338 g/mol. The van der Waals surface area contributed by atoms with E-state index in [0.717, 1.165) is 0 Å². The molecular formula is C13H17N5O7. The van der Waals surface area contributed by atoms with Crippen LogP contribution in [0.2, 0.25) is 0 Å². The zero-order chi connectivity index (χ0) is 18.3. The molecule has 12 heteroatoms. The van der Waals surface area contributed by atoms with Crippen molar-refractivity contribution in [2.45, 2.75) is 43.8 Å². The molecule has 3 saturated heterocycles. The van der Waals surface area contributed by atoms with Crippen LogP contribution in [-0.4, -0.2) is 79.7 Å². The molecule has 0 unspecified atom stereocenters. The number of amides is 6. The van der Waals surface area contributed by atoms with Crippen molar-refractivity contribution in [1.29, 1.82) is 0 Å². The van der Waals surface area contributed by atoms with Gasteiger partial charge in [-0.25, -0.2) is 19.6 Å². The van der Waals surface area contributed by atoms with Gasteiger partial charge in [0.1, 0.15) is 12.1 Å². The number of carboxylic acid groups (broad SMARTS) is 1. The molecule has 0 radical (unpaired) electrons. The first kappa shape index (κ1) is 17.0. The molecule has 3 aliphatic heterocycles. The number of carbonyl (C=O) groups is 5. The van der Waals surface area contributed by atoms with Gasteiger partial charge in [-0.15, -0.1) is 0 Å². The Morgan fingerprint density at radius 3 is 2.28 bits per heavy atom. The fourth-order valence-electron chi connectivity index (χ4n) is 3.38. The number of hydrogen-bond acceptors (Lipinski definition) is 6. The molecule has 4 N–H and O–H groups in total. The minimum atomic E-state index is -1.53. The number of urea groups is 1. The van der Waals surface area contributed by atoms with Crippen LogP contribution in [0.3, 0.4) is 0 Å². The van der Waals surface area contributed by atoms with Crippen molar-refractivity contribution in [2.24, 2.45) is 0 Å². The summed E-state index contributed by atoms with van der Waals surface area (Å²) in [4.78, 5) is 60.2. The van der Waals surface area contributed by atoms with Crippen LogP contribution in [0.1, 0.15) is 25.7 Å². The molecule has 0 aromatic carbocycles. The molecule has 3 atom stereocenters. The van der Waals surface area contributed by atoms with Gasteiger partial charge in [0.2, 0.25) is 5.91 Å². The molecule has 3 aliphatic rings. The average molecular weight is 355 g/mol. The number of piperidine rings is 1. The van der Waals surface area contributed by atoms with E-state index < -0.39 is 41.9 Å². The molecule has 136 valence electrons. The summed E-state index contributed by atoms with van der Waals surface area (Å²) in [5, 5.41) is 19.2. The van der Waals surface area contributed by atoms with E-state index in [0.29, 0.717) is 22.8 Å². The number of hydrazine groups is 1. The Bertz CT molecular complexity index is 653. The average Bonchev–Trinajstić information content (AvgIpc) is 3.07. The van der Waals surface area contributed by atoms with Crippen LogP contribution in [0.15, 0.2) is 0 Å². The lowest BCUT2D eigenvalue weighted by atomic mass is 10.0. The van der Waals surface area contributed by atoms with E-state index >= 15 is 0 Å². The maximum Gasteiger partial charge on any atom is 0.414 e. The number of hydrogen-bond donors (Lipinski definition) is 4. The summed E-state index contributed by atoms with van der Waals surface area (Å²) in [6.45, 7) is 0.214. The number of nitrogens with zero attached hydrogens (tertiary/aromatic N) is 3. The second kappa shape index (κ2) is 6.20. The van der Waals surface area contributed by atoms with E-state index in [1.807, 2.05) is 0 Å². The largest absolute Gasteiger partial charge is 0.465 e. The van der Waals surface area contributed by atoms with Crippen LogP contribution in [0.4, 0.5) is 9.59 Å². The Labute approximate surface area is 141 Å². The first-order valence-corrected chi connectivity index (χ1v) is 7.74. The van der Waals surface area contributed by atoms with Gasteiger partial charge in [-0.1, -0.05) is 0 Å². The molecule has 3 heterocycles. The number of imide groups is 1. The van der Waals surface area contributed by atoms with E-state index in [9.17, 15) is 29.2 Å². The highest BCUT2D eigenvalue weighted by molar-refractivity contribution is 6.00. The Morgan fingerprint density at radius 2 is 1.64 bits per heavy atom. The quantitative estimate of drug-likeness (QED) is 0.345. The number of fused-ring (bicyclic) bond motifs is 2.